The summed E-state index contributed by atoms with van der Waals surface area (Å²) in [6, 6.07) is 12.3. The molecule has 1 aromatic heterocycles. The lowest BCUT2D eigenvalue weighted by Crippen LogP contribution is -2.41. The number of benzene rings is 2. The van der Waals surface area contributed by atoms with E-state index in [2.05, 4.69) is 10.3 Å². The molecule has 0 saturated heterocycles. The van der Waals surface area contributed by atoms with Gasteiger partial charge >= 0.3 is 0 Å². The molecule has 1 atom stereocenters. The molecular weight excluding hydrogens is 430 g/mol. The minimum atomic E-state index is -3.85. The Morgan fingerprint density at radius 3 is 2.47 bits per heavy atom. The number of rotatable bonds is 11. The number of ether oxygens (including phenoxy) is 2. The van der Waals surface area contributed by atoms with Gasteiger partial charge in [-0.2, -0.15) is 4.31 Å². The van der Waals surface area contributed by atoms with Crippen LogP contribution in [0.15, 0.2) is 53.6 Å². The van der Waals surface area contributed by atoms with Gasteiger partial charge in [0.05, 0.1) is 25.2 Å². The Labute approximate surface area is 189 Å². The lowest BCUT2D eigenvalue weighted by Gasteiger charge is -2.27. The molecule has 9 heteroatoms. The number of hydrogen-bond acceptors (Lipinski definition) is 6. The van der Waals surface area contributed by atoms with Gasteiger partial charge in [0.25, 0.3) is 0 Å². The van der Waals surface area contributed by atoms with Gasteiger partial charge in [0.2, 0.25) is 10.0 Å². The maximum atomic E-state index is 13.4. The van der Waals surface area contributed by atoms with Crippen LogP contribution in [0.4, 0.5) is 5.69 Å². The maximum absolute atomic E-state index is 13.4. The van der Waals surface area contributed by atoms with E-state index in [1.54, 1.807) is 6.07 Å². The molecule has 0 fully saturated rings. The number of nitrogens with zero attached hydrogens (tertiary/aromatic N) is 1. The highest BCUT2D eigenvalue weighted by Gasteiger charge is 2.28. The van der Waals surface area contributed by atoms with Gasteiger partial charge in [-0.15, -0.1) is 0 Å². The second-order valence-corrected chi connectivity index (χ2v) is 9.99. The largest absolute Gasteiger partial charge is 0.493 e. The van der Waals surface area contributed by atoms with Gasteiger partial charge in [-0.05, 0) is 42.3 Å². The fourth-order valence-electron chi connectivity index (χ4n) is 3.50. The van der Waals surface area contributed by atoms with Crippen LogP contribution in [0.3, 0.4) is 0 Å². The molecule has 0 amide bonds. The molecule has 0 aliphatic heterocycles. The lowest BCUT2D eigenvalue weighted by molar-refractivity contribution is 0.153. The first-order valence-corrected chi connectivity index (χ1v) is 11.9. The van der Waals surface area contributed by atoms with Crippen molar-refractivity contribution in [3.05, 3.63) is 48.7 Å². The van der Waals surface area contributed by atoms with Crippen molar-refractivity contribution in [2.75, 3.05) is 39.2 Å². The summed E-state index contributed by atoms with van der Waals surface area (Å²) in [6.07, 6.45) is 0.970. The van der Waals surface area contributed by atoms with Crippen LogP contribution >= 0.6 is 0 Å². The predicted octanol–water partition coefficient (Wildman–Crippen LogP) is 3.30. The zero-order valence-electron chi connectivity index (χ0n) is 18.8. The second kappa shape index (κ2) is 10.2. The molecule has 0 saturated carbocycles. The first kappa shape index (κ1) is 23.9. The zero-order chi connectivity index (χ0) is 23.3. The number of H-pyrrole nitrogens is 1. The van der Waals surface area contributed by atoms with Crippen molar-refractivity contribution in [1.29, 1.82) is 0 Å². The van der Waals surface area contributed by atoms with Gasteiger partial charge in [0.1, 0.15) is 0 Å². The number of anilines is 1. The molecule has 0 aliphatic carbocycles. The molecule has 32 heavy (non-hydrogen) atoms. The third-order valence-corrected chi connectivity index (χ3v) is 6.90. The molecule has 0 unspecified atom stereocenters. The molecular formula is C23H31N3O5S. The summed E-state index contributed by atoms with van der Waals surface area (Å²) in [5.41, 5.74) is 1.88. The molecule has 174 valence electrons. The topological polar surface area (TPSA) is 104 Å². The smallest absolute Gasteiger partial charge is 0.243 e. The predicted molar refractivity (Wildman–Crippen MR) is 126 cm³/mol. The van der Waals surface area contributed by atoms with Crippen LogP contribution in [0.25, 0.3) is 10.9 Å². The molecule has 3 aromatic rings. The highest BCUT2D eigenvalue weighted by Crippen LogP contribution is 2.31. The van der Waals surface area contributed by atoms with Crippen molar-refractivity contribution < 1.29 is 23.0 Å². The van der Waals surface area contributed by atoms with Gasteiger partial charge < -0.3 is 24.9 Å². The number of nitrogens with one attached hydrogen (secondary N) is 2. The third kappa shape index (κ3) is 5.53. The highest BCUT2D eigenvalue weighted by molar-refractivity contribution is 7.89. The number of hydrogen-bond donors (Lipinski definition) is 3. The minimum Gasteiger partial charge on any atom is -0.493 e. The molecule has 0 spiro atoms. The monoisotopic (exact) mass is 461 g/mol. The summed E-state index contributed by atoms with van der Waals surface area (Å²) in [7, 11) is -0.894. The zero-order valence-corrected chi connectivity index (χ0v) is 19.6. The van der Waals surface area contributed by atoms with Crippen molar-refractivity contribution in [3.8, 4) is 11.5 Å². The number of aromatic amines is 1. The normalized spacial score (nSPS) is 13.0. The molecule has 8 nitrogen and oxygen atoms in total. The fraction of sp³-hybridized carbons (Fsp3) is 0.391. The number of aliphatic hydroxyl groups excluding tert-OH is 1. The van der Waals surface area contributed by atoms with Gasteiger partial charge in [0.15, 0.2) is 11.5 Å². The lowest BCUT2D eigenvalue weighted by atomic mass is 10.2. The minimum absolute atomic E-state index is 0.0335. The van der Waals surface area contributed by atoms with Crippen LogP contribution in [0.5, 0.6) is 11.5 Å². The summed E-state index contributed by atoms with van der Waals surface area (Å²) >= 11 is 0. The highest BCUT2D eigenvalue weighted by atomic mass is 32.2. The van der Waals surface area contributed by atoms with Crippen molar-refractivity contribution in [2.45, 2.75) is 24.8 Å². The SMILES string of the molecule is COc1ccc(S(=O)(=O)N(CC(C)C)C[C@@H](O)CNc2ccc3[nH]ccc3c2)cc1OC. The Kier molecular flexibility index (Phi) is 7.65. The van der Waals surface area contributed by atoms with Gasteiger partial charge in [0, 0.05) is 48.5 Å². The molecule has 1 heterocycles. The van der Waals surface area contributed by atoms with Crippen LogP contribution in [-0.2, 0) is 10.0 Å². The second-order valence-electron chi connectivity index (χ2n) is 8.05. The van der Waals surface area contributed by atoms with E-state index in [1.165, 1.54) is 30.7 Å². The Morgan fingerprint density at radius 2 is 1.78 bits per heavy atom. The maximum Gasteiger partial charge on any atom is 0.243 e. The van der Waals surface area contributed by atoms with Crippen LogP contribution in [0, 0.1) is 5.92 Å². The van der Waals surface area contributed by atoms with Crippen molar-refractivity contribution >= 4 is 26.6 Å². The van der Waals surface area contributed by atoms with Crippen LogP contribution in [-0.4, -0.2) is 62.8 Å². The van der Waals surface area contributed by atoms with Crippen LogP contribution < -0.4 is 14.8 Å². The summed E-state index contributed by atoms with van der Waals surface area (Å²) in [5, 5.41) is 14.9. The number of methoxy groups -OCH3 is 2. The van der Waals surface area contributed by atoms with Crippen molar-refractivity contribution in [2.24, 2.45) is 5.92 Å². The van der Waals surface area contributed by atoms with Gasteiger partial charge in [-0.3, -0.25) is 0 Å². The third-order valence-electron chi connectivity index (χ3n) is 5.07. The van der Waals surface area contributed by atoms with E-state index >= 15 is 0 Å². The molecule has 0 aliphatic rings. The number of fused-ring (bicyclic) bond motifs is 1. The summed E-state index contributed by atoms with van der Waals surface area (Å²) in [5.74, 6) is 0.868. The number of aliphatic hydroxyl groups is 1. The van der Waals surface area contributed by atoms with E-state index in [9.17, 15) is 13.5 Å². The van der Waals surface area contributed by atoms with Crippen molar-refractivity contribution in [1.82, 2.24) is 9.29 Å². The Bertz CT molecular complexity index is 1140. The standard InChI is InChI=1S/C23H31N3O5S/c1-16(2)14-26(32(28,29)20-6-8-22(30-3)23(12-20)31-4)15-19(27)13-25-18-5-7-21-17(11-18)9-10-24-21/h5-12,16,19,24-25,27H,13-15H2,1-4H3/t19-/m0/s1. The summed E-state index contributed by atoms with van der Waals surface area (Å²) in [4.78, 5) is 3.23. The number of aromatic nitrogens is 1. The Morgan fingerprint density at radius 1 is 1.03 bits per heavy atom. The average molecular weight is 462 g/mol. The summed E-state index contributed by atoms with van der Waals surface area (Å²) in [6.45, 7) is 4.34. The quantitative estimate of drug-likeness (QED) is 0.405. The Balaban J connectivity index is 1.74. The molecule has 3 rings (SSSR count). The van der Waals surface area contributed by atoms with Crippen LogP contribution in [0.2, 0.25) is 0 Å². The van der Waals surface area contributed by atoms with Crippen molar-refractivity contribution in [3.63, 3.8) is 0 Å². The molecule has 0 radical (unpaired) electrons. The van der Waals surface area contributed by atoms with E-state index in [0.717, 1.165) is 16.6 Å². The molecule has 3 N–H and O–H groups in total. The van der Waals surface area contributed by atoms with E-state index in [1.807, 2.05) is 44.3 Å². The molecule has 2 aromatic carbocycles. The molecule has 0 bridgehead atoms. The first-order valence-electron chi connectivity index (χ1n) is 10.5. The van der Waals surface area contributed by atoms with Crippen LogP contribution in [0.1, 0.15) is 13.8 Å². The van der Waals surface area contributed by atoms with E-state index in [0.29, 0.717) is 11.5 Å². The van der Waals surface area contributed by atoms with E-state index in [-0.39, 0.29) is 30.4 Å². The summed E-state index contributed by atoms with van der Waals surface area (Å²) < 4.78 is 38.5. The fourth-order valence-corrected chi connectivity index (χ4v) is 5.16. The first-order chi connectivity index (χ1) is 15.2. The Hall–Kier alpha value is -2.75. The van der Waals surface area contributed by atoms with E-state index in [4.69, 9.17) is 9.47 Å². The van der Waals surface area contributed by atoms with E-state index < -0.39 is 16.1 Å². The number of sulfonamides is 1. The average Bonchev–Trinajstić information content (AvgIpc) is 3.24. The van der Waals surface area contributed by atoms with Gasteiger partial charge in [-0.1, -0.05) is 13.8 Å². The van der Waals surface area contributed by atoms with Gasteiger partial charge in [-0.25, -0.2) is 8.42 Å².